The molecule has 4 N–H and O–H groups in total. The zero-order valence-corrected chi connectivity index (χ0v) is 10.8. The molecule has 0 radical (unpaired) electrons. The molecule has 0 fully saturated rings. The van der Waals surface area contributed by atoms with Crippen molar-refractivity contribution in [1.82, 2.24) is 9.78 Å². The number of aromatic nitrogens is 2. The van der Waals surface area contributed by atoms with Crippen LogP contribution in [-0.2, 0) is 13.5 Å². The highest BCUT2D eigenvalue weighted by Crippen LogP contribution is 2.28. The number of nitrogen functional groups attached to an aromatic ring is 1. The monoisotopic (exact) mass is 260 g/mol. The van der Waals surface area contributed by atoms with Gasteiger partial charge in [-0.05, 0) is 18.6 Å². The van der Waals surface area contributed by atoms with E-state index in [0.717, 1.165) is 17.8 Å². The van der Waals surface area contributed by atoms with Crippen molar-refractivity contribution in [2.24, 2.45) is 7.05 Å². The number of carboxylic acid groups (broad SMARTS) is 1. The normalized spacial score (nSPS) is 10.4. The van der Waals surface area contributed by atoms with Gasteiger partial charge in [-0.25, -0.2) is 4.79 Å². The Morgan fingerprint density at radius 3 is 2.89 bits per heavy atom. The number of nitrogens with two attached hydrogens (primary N) is 1. The molecule has 0 spiro atoms. The number of aryl methyl sites for hydroxylation is 2. The van der Waals surface area contributed by atoms with Crippen molar-refractivity contribution in [3.63, 3.8) is 0 Å². The van der Waals surface area contributed by atoms with Crippen molar-refractivity contribution in [2.45, 2.75) is 13.3 Å². The van der Waals surface area contributed by atoms with Crippen LogP contribution in [0.5, 0.6) is 0 Å². The maximum Gasteiger partial charge on any atom is 0.337 e. The van der Waals surface area contributed by atoms with Gasteiger partial charge in [0.25, 0.3) is 0 Å². The molecule has 2 aromatic rings. The maximum atomic E-state index is 11.2. The number of hydrogen-bond acceptors (Lipinski definition) is 4. The molecule has 0 amide bonds. The van der Waals surface area contributed by atoms with Crippen molar-refractivity contribution in [3.05, 3.63) is 35.7 Å². The number of hydrogen-bond donors (Lipinski definition) is 3. The van der Waals surface area contributed by atoms with E-state index >= 15 is 0 Å². The summed E-state index contributed by atoms with van der Waals surface area (Å²) in [6.45, 7) is 1.99. The molecule has 0 unspecified atom stereocenters. The largest absolute Gasteiger partial charge is 0.478 e. The van der Waals surface area contributed by atoms with E-state index in [1.54, 1.807) is 23.0 Å². The molecule has 1 aromatic heterocycles. The Balaban J connectivity index is 2.45. The first kappa shape index (κ1) is 12.9. The summed E-state index contributed by atoms with van der Waals surface area (Å²) in [4.78, 5) is 11.2. The van der Waals surface area contributed by atoms with E-state index in [9.17, 15) is 9.90 Å². The first-order valence-electron chi connectivity index (χ1n) is 5.94. The van der Waals surface area contributed by atoms with Crippen molar-refractivity contribution in [1.29, 1.82) is 0 Å². The molecule has 0 aliphatic rings. The third kappa shape index (κ3) is 2.52. The van der Waals surface area contributed by atoms with E-state index in [4.69, 9.17) is 5.73 Å². The van der Waals surface area contributed by atoms with Crippen LogP contribution in [0.15, 0.2) is 24.4 Å². The summed E-state index contributed by atoms with van der Waals surface area (Å²) < 4.78 is 1.68. The average Bonchev–Trinajstić information content (AvgIpc) is 2.71. The first-order valence-corrected chi connectivity index (χ1v) is 5.94. The second kappa shape index (κ2) is 5.01. The van der Waals surface area contributed by atoms with E-state index < -0.39 is 5.97 Å². The maximum absolute atomic E-state index is 11.2. The van der Waals surface area contributed by atoms with Crippen molar-refractivity contribution in [2.75, 3.05) is 11.1 Å². The lowest BCUT2D eigenvalue weighted by Crippen LogP contribution is -2.06. The molecule has 2 rings (SSSR count). The van der Waals surface area contributed by atoms with Crippen LogP contribution in [0.1, 0.15) is 23.0 Å². The molecular formula is C13H16N4O2. The van der Waals surface area contributed by atoms with E-state index in [-0.39, 0.29) is 5.56 Å². The molecule has 0 atom stereocenters. The van der Waals surface area contributed by atoms with Gasteiger partial charge < -0.3 is 16.2 Å². The van der Waals surface area contributed by atoms with Gasteiger partial charge >= 0.3 is 5.97 Å². The highest BCUT2D eigenvalue weighted by atomic mass is 16.4. The number of carbonyl (C=O) groups is 1. The second-order valence-corrected chi connectivity index (χ2v) is 4.22. The number of aromatic carboxylic acids is 1. The van der Waals surface area contributed by atoms with Gasteiger partial charge in [0.2, 0.25) is 0 Å². The minimum absolute atomic E-state index is 0.144. The second-order valence-electron chi connectivity index (χ2n) is 4.22. The van der Waals surface area contributed by atoms with Gasteiger partial charge in [-0.1, -0.05) is 13.0 Å². The first-order chi connectivity index (χ1) is 9.02. The fourth-order valence-electron chi connectivity index (χ4n) is 1.92. The molecule has 1 heterocycles. The Bertz CT molecular complexity index is 619. The van der Waals surface area contributed by atoms with Gasteiger partial charge in [-0.2, -0.15) is 5.10 Å². The zero-order chi connectivity index (χ0) is 14.0. The summed E-state index contributed by atoms with van der Waals surface area (Å²) in [5, 5.41) is 16.6. The van der Waals surface area contributed by atoms with Crippen LogP contribution in [0.3, 0.4) is 0 Å². The van der Waals surface area contributed by atoms with Gasteiger partial charge in [0.05, 0.1) is 28.3 Å². The van der Waals surface area contributed by atoms with Gasteiger partial charge in [0.1, 0.15) is 0 Å². The third-order valence-corrected chi connectivity index (χ3v) is 2.83. The Kier molecular flexibility index (Phi) is 3.41. The fourth-order valence-corrected chi connectivity index (χ4v) is 1.92. The highest BCUT2D eigenvalue weighted by molar-refractivity contribution is 5.98. The van der Waals surface area contributed by atoms with Crippen LogP contribution < -0.4 is 11.1 Å². The summed E-state index contributed by atoms with van der Waals surface area (Å²) in [6.07, 6.45) is 2.55. The van der Waals surface area contributed by atoms with Crippen LogP contribution in [0.2, 0.25) is 0 Å². The number of rotatable bonds is 4. The molecule has 6 nitrogen and oxygen atoms in total. The molecular weight excluding hydrogens is 244 g/mol. The van der Waals surface area contributed by atoms with Crippen LogP contribution in [0.25, 0.3) is 0 Å². The van der Waals surface area contributed by atoms with Gasteiger partial charge in [0, 0.05) is 13.2 Å². The summed E-state index contributed by atoms with van der Waals surface area (Å²) in [7, 11) is 1.82. The van der Waals surface area contributed by atoms with E-state index in [1.165, 1.54) is 6.07 Å². The number of nitrogens with one attached hydrogen (secondary N) is 1. The topological polar surface area (TPSA) is 93.2 Å². The Morgan fingerprint density at radius 1 is 1.53 bits per heavy atom. The summed E-state index contributed by atoms with van der Waals surface area (Å²) in [5.74, 6) is -1.02. The zero-order valence-electron chi connectivity index (χ0n) is 10.8. The predicted octanol–water partition coefficient (Wildman–Crippen LogP) is 2.01. The van der Waals surface area contributed by atoms with Crippen LogP contribution in [0.4, 0.5) is 17.1 Å². The standard InChI is InChI=1S/C13H16N4O2/c1-3-10-11(7-17(2)16-10)15-12-8(13(18)19)5-4-6-9(12)14/h4-7,15H,3,14H2,1-2H3,(H,18,19). The Labute approximate surface area is 110 Å². The lowest BCUT2D eigenvalue weighted by atomic mass is 10.1. The molecule has 19 heavy (non-hydrogen) atoms. The quantitative estimate of drug-likeness (QED) is 0.731. The average molecular weight is 260 g/mol. The molecule has 0 aliphatic carbocycles. The molecule has 0 aliphatic heterocycles. The molecule has 0 bridgehead atoms. The molecule has 1 aromatic carbocycles. The summed E-state index contributed by atoms with van der Waals surface area (Å²) in [5.41, 5.74) is 8.42. The number of carboxylic acids is 1. The SMILES string of the molecule is CCc1nn(C)cc1Nc1c(N)cccc1C(=O)O. The van der Waals surface area contributed by atoms with Crippen molar-refractivity contribution < 1.29 is 9.90 Å². The third-order valence-electron chi connectivity index (χ3n) is 2.83. The lowest BCUT2D eigenvalue weighted by molar-refractivity contribution is 0.0698. The number of para-hydroxylation sites is 1. The smallest absolute Gasteiger partial charge is 0.337 e. The van der Waals surface area contributed by atoms with Crippen molar-refractivity contribution in [3.8, 4) is 0 Å². The summed E-state index contributed by atoms with van der Waals surface area (Å²) in [6, 6.07) is 4.80. The minimum Gasteiger partial charge on any atom is -0.478 e. The van der Waals surface area contributed by atoms with Gasteiger partial charge in [0.15, 0.2) is 0 Å². The molecule has 100 valence electrons. The molecule has 6 heteroatoms. The lowest BCUT2D eigenvalue weighted by Gasteiger charge is -2.11. The van der Waals surface area contributed by atoms with Gasteiger partial charge in [-0.15, -0.1) is 0 Å². The van der Waals surface area contributed by atoms with Crippen molar-refractivity contribution >= 4 is 23.0 Å². The highest BCUT2D eigenvalue weighted by Gasteiger charge is 2.15. The summed E-state index contributed by atoms with van der Waals surface area (Å²) >= 11 is 0. The molecule has 0 saturated carbocycles. The predicted molar refractivity (Wildman–Crippen MR) is 73.7 cm³/mol. The van der Waals surface area contributed by atoms with E-state index in [1.807, 2.05) is 14.0 Å². The van der Waals surface area contributed by atoms with Crippen LogP contribution in [-0.4, -0.2) is 20.9 Å². The van der Waals surface area contributed by atoms with Gasteiger partial charge in [-0.3, -0.25) is 4.68 Å². The molecule has 0 saturated heterocycles. The minimum atomic E-state index is -1.02. The number of nitrogens with zero attached hydrogens (tertiary/aromatic N) is 2. The van der Waals surface area contributed by atoms with E-state index in [2.05, 4.69) is 10.4 Å². The number of benzene rings is 1. The fraction of sp³-hybridized carbons (Fsp3) is 0.231. The van der Waals surface area contributed by atoms with Crippen LogP contribution in [0, 0.1) is 0 Å². The number of anilines is 3. The van der Waals surface area contributed by atoms with E-state index in [0.29, 0.717) is 11.4 Å². The Morgan fingerprint density at radius 2 is 2.26 bits per heavy atom. The Hall–Kier alpha value is -2.50. The van der Waals surface area contributed by atoms with Crippen LogP contribution >= 0.6 is 0 Å².